The van der Waals surface area contributed by atoms with Crippen molar-refractivity contribution in [1.82, 2.24) is 5.32 Å². The van der Waals surface area contributed by atoms with E-state index >= 15 is 0 Å². The summed E-state index contributed by atoms with van der Waals surface area (Å²) >= 11 is 30.1. The topological polar surface area (TPSA) is 67.9 Å². The molecule has 1 heterocycles. The zero-order chi connectivity index (χ0) is 29.0. The molecule has 1 saturated heterocycles. The molecule has 11 heteroatoms. The van der Waals surface area contributed by atoms with Crippen LogP contribution in [0.2, 0.25) is 20.1 Å². The third-order valence-corrected chi connectivity index (χ3v) is 7.47. The molecule has 1 N–H and O–H groups in total. The van der Waals surface area contributed by atoms with Gasteiger partial charge in [-0.2, -0.15) is 0 Å². The summed E-state index contributed by atoms with van der Waals surface area (Å²) in [7, 11) is 0. The molecule has 0 radical (unpaired) electrons. The molecule has 0 unspecified atom stereocenters. The number of nitrogens with one attached hydrogen (secondary N) is 1. The Morgan fingerprint density at radius 1 is 1.00 bits per heavy atom. The lowest BCUT2D eigenvalue weighted by Gasteiger charge is -2.29. The zero-order valence-electron chi connectivity index (χ0n) is 21.1. The predicted octanol–water partition coefficient (Wildman–Crippen LogP) is 7.84. The molecule has 40 heavy (non-hydrogen) atoms. The normalized spacial score (nSPS) is 14.4. The number of ether oxygens (including phenoxy) is 2. The van der Waals surface area contributed by atoms with Gasteiger partial charge in [0.2, 0.25) is 0 Å². The van der Waals surface area contributed by atoms with Crippen molar-refractivity contribution in [3.05, 3.63) is 104 Å². The molecule has 0 saturated carbocycles. The van der Waals surface area contributed by atoms with Crippen LogP contribution >= 0.6 is 58.6 Å². The number of thiocarbonyl (C=S) groups is 1. The molecule has 1 fully saturated rings. The van der Waals surface area contributed by atoms with Crippen molar-refractivity contribution in [2.75, 3.05) is 11.5 Å². The van der Waals surface area contributed by atoms with Crippen molar-refractivity contribution in [3.8, 4) is 11.5 Å². The van der Waals surface area contributed by atoms with Crippen LogP contribution < -0.4 is 19.7 Å². The van der Waals surface area contributed by atoms with Crippen molar-refractivity contribution in [3.63, 3.8) is 0 Å². The minimum absolute atomic E-state index is 0.108. The monoisotopic (exact) mass is 634 g/mol. The van der Waals surface area contributed by atoms with E-state index in [0.29, 0.717) is 40.1 Å². The Balaban J connectivity index is 1.74. The summed E-state index contributed by atoms with van der Waals surface area (Å²) in [6.07, 6.45) is 3.60. The Morgan fingerprint density at radius 2 is 1.77 bits per heavy atom. The Hall–Kier alpha value is -3.07. The number of halogens is 4. The predicted molar refractivity (Wildman–Crippen MR) is 165 cm³/mol. The van der Waals surface area contributed by atoms with Gasteiger partial charge < -0.3 is 9.47 Å². The fourth-order valence-corrected chi connectivity index (χ4v) is 5.11. The number of rotatable bonds is 9. The largest absolute Gasteiger partial charge is 0.490 e. The maximum atomic E-state index is 13.5. The molecular formula is C29H22Cl4N2O4S. The van der Waals surface area contributed by atoms with E-state index in [1.807, 2.05) is 6.92 Å². The summed E-state index contributed by atoms with van der Waals surface area (Å²) < 4.78 is 12.1. The fraction of sp³-hybridized carbons (Fsp3) is 0.138. The summed E-state index contributed by atoms with van der Waals surface area (Å²) in [6, 6.07) is 13.4. The quantitative estimate of drug-likeness (QED) is 0.112. The molecule has 6 nitrogen and oxygen atoms in total. The Bertz CT molecular complexity index is 1560. The number of anilines is 1. The van der Waals surface area contributed by atoms with Crippen LogP contribution in [0.1, 0.15) is 23.6 Å². The molecule has 0 aromatic heterocycles. The number of amides is 2. The average Bonchev–Trinajstić information content (AvgIpc) is 2.90. The van der Waals surface area contributed by atoms with Crippen molar-refractivity contribution >= 4 is 87.3 Å². The van der Waals surface area contributed by atoms with Crippen LogP contribution in [0.3, 0.4) is 0 Å². The Labute approximate surface area is 257 Å². The van der Waals surface area contributed by atoms with Crippen molar-refractivity contribution < 1.29 is 19.1 Å². The van der Waals surface area contributed by atoms with Gasteiger partial charge in [-0.15, -0.1) is 6.58 Å². The second-order valence-corrected chi connectivity index (χ2v) is 10.5. The van der Waals surface area contributed by atoms with E-state index < -0.39 is 11.8 Å². The molecule has 3 aromatic carbocycles. The van der Waals surface area contributed by atoms with E-state index in [0.717, 1.165) is 16.0 Å². The van der Waals surface area contributed by atoms with E-state index in [1.54, 1.807) is 54.6 Å². The highest BCUT2D eigenvalue weighted by molar-refractivity contribution is 7.80. The first-order valence-electron chi connectivity index (χ1n) is 12.0. The van der Waals surface area contributed by atoms with Crippen LogP contribution in [0.15, 0.2) is 66.8 Å². The average molecular weight is 636 g/mol. The highest BCUT2D eigenvalue weighted by atomic mass is 35.5. The van der Waals surface area contributed by atoms with E-state index in [2.05, 4.69) is 11.9 Å². The first kappa shape index (κ1) is 29.9. The van der Waals surface area contributed by atoms with E-state index in [1.165, 1.54) is 6.08 Å². The van der Waals surface area contributed by atoms with E-state index in [4.69, 9.17) is 68.1 Å². The lowest BCUT2D eigenvalue weighted by Crippen LogP contribution is -2.54. The lowest BCUT2D eigenvalue weighted by molar-refractivity contribution is -0.122. The van der Waals surface area contributed by atoms with Crippen LogP contribution in [0.5, 0.6) is 11.5 Å². The molecule has 0 atom stereocenters. The smallest absolute Gasteiger partial charge is 0.270 e. The van der Waals surface area contributed by atoms with Gasteiger partial charge in [0.25, 0.3) is 11.8 Å². The van der Waals surface area contributed by atoms with Gasteiger partial charge in [0, 0.05) is 21.2 Å². The van der Waals surface area contributed by atoms with Crippen LogP contribution in [0, 0.1) is 0 Å². The number of allylic oxidation sites excluding steroid dienone is 1. The molecule has 206 valence electrons. The van der Waals surface area contributed by atoms with Crippen LogP contribution in [0.4, 0.5) is 5.69 Å². The number of hydrogen-bond acceptors (Lipinski definition) is 5. The number of nitrogens with zero attached hydrogens (tertiary/aromatic N) is 1. The minimum Gasteiger partial charge on any atom is -0.490 e. The number of benzene rings is 3. The number of carbonyl (C=O) groups is 2. The second-order valence-electron chi connectivity index (χ2n) is 8.49. The summed E-state index contributed by atoms with van der Waals surface area (Å²) in [4.78, 5) is 27.6. The molecular weight excluding hydrogens is 614 g/mol. The summed E-state index contributed by atoms with van der Waals surface area (Å²) in [5.41, 5.74) is 2.09. The Kier molecular flexibility index (Phi) is 9.77. The molecule has 0 spiro atoms. The van der Waals surface area contributed by atoms with Gasteiger partial charge in [-0.1, -0.05) is 64.6 Å². The maximum Gasteiger partial charge on any atom is 0.270 e. The third-order valence-electron chi connectivity index (χ3n) is 5.79. The van der Waals surface area contributed by atoms with E-state index in [-0.39, 0.29) is 33.0 Å². The molecule has 1 aliphatic rings. The maximum absolute atomic E-state index is 13.5. The molecule has 1 aliphatic heterocycles. The first-order valence-corrected chi connectivity index (χ1v) is 13.9. The van der Waals surface area contributed by atoms with Crippen molar-refractivity contribution in [1.29, 1.82) is 0 Å². The summed E-state index contributed by atoms with van der Waals surface area (Å²) in [5, 5.41) is 3.80. The minimum atomic E-state index is -0.654. The van der Waals surface area contributed by atoms with Crippen LogP contribution in [0.25, 0.3) is 6.08 Å². The zero-order valence-corrected chi connectivity index (χ0v) is 24.9. The fourth-order valence-electron chi connectivity index (χ4n) is 4.00. The molecule has 2 amide bonds. The molecule has 0 bridgehead atoms. The molecule has 0 aliphatic carbocycles. The van der Waals surface area contributed by atoms with E-state index in [9.17, 15) is 9.59 Å². The Morgan fingerprint density at radius 3 is 2.48 bits per heavy atom. The van der Waals surface area contributed by atoms with Crippen molar-refractivity contribution in [2.45, 2.75) is 20.0 Å². The summed E-state index contributed by atoms with van der Waals surface area (Å²) in [6.45, 7) is 6.19. The van der Waals surface area contributed by atoms with Gasteiger partial charge in [-0.05, 0) is 73.6 Å². The molecule has 4 rings (SSSR count). The standard InChI is InChI=1S/C29H22Cl4N2O4S/c1-3-6-17-11-16(13-24(38-4-2)26(17)39-15-18-9-10-19(30)14-22(18)32)12-20-27(36)34-29(40)35(28(20)37)23-8-5-7-21(31)25(23)33/h3,5,7-14H,1,4,6,15H2,2H3,(H,34,36,40)/b20-12+. The van der Waals surface area contributed by atoms with Gasteiger partial charge in [-0.25, -0.2) is 0 Å². The van der Waals surface area contributed by atoms with Gasteiger partial charge in [0.1, 0.15) is 12.2 Å². The highest BCUT2D eigenvalue weighted by Crippen LogP contribution is 2.37. The molecule has 3 aromatic rings. The van der Waals surface area contributed by atoms with Gasteiger partial charge >= 0.3 is 0 Å². The SMILES string of the molecule is C=CCc1cc(/C=C2\C(=O)NC(=S)N(c3cccc(Cl)c3Cl)C2=O)cc(OCC)c1OCc1ccc(Cl)cc1Cl. The van der Waals surface area contributed by atoms with Gasteiger partial charge in [0.05, 0.1) is 22.3 Å². The van der Waals surface area contributed by atoms with Crippen LogP contribution in [-0.2, 0) is 22.6 Å². The lowest BCUT2D eigenvalue weighted by atomic mass is 10.0. The summed E-state index contributed by atoms with van der Waals surface area (Å²) in [5.74, 6) is -0.389. The van der Waals surface area contributed by atoms with Gasteiger partial charge in [-0.3, -0.25) is 19.8 Å². The first-order chi connectivity index (χ1) is 19.1. The second kappa shape index (κ2) is 13.1. The third kappa shape index (κ3) is 6.45. The van der Waals surface area contributed by atoms with Crippen LogP contribution in [-0.4, -0.2) is 23.5 Å². The van der Waals surface area contributed by atoms with Gasteiger partial charge in [0.15, 0.2) is 16.6 Å². The van der Waals surface area contributed by atoms with Crippen molar-refractivity contribution in [2.24, 2.45) is 0 Å². The number of hydrogen-bond donors (Lipinski definition) is 1. The number of carbonyl (C=O) groups excluding carboxylic acids is 2. The highest BCUT2D eigenvalue weighted by Gasteiger charge is 2.36.